The molecule has 7 nitrogen and oxygen atoms in total. The summed E-state index contributed by atoms with van der Waals surface area (Å²) >= 11 is 0. The second kappa shape index (κ2) is 7.04. The number of carbonyl (C=O) groups is 1. The number of rotatable bonds is 3. The Morgan fingerprint density at radius 2 is 1.96 bits per heavy atom. The van der Waals surface area contributed by atoms with Gasteiger partial charge in [-0.3, -0.25) is 9.97 Å². The molecule has 0 aromatic carbocycles. The summed E-state index contributed by atoms with van der Waals surface area (Å²) < 4.78 is 0. The van der Waals surface area contributed by atoms with E-state index in [1.54, 1.807) is 24.8 Å². The van der Waals surface area contributed by atoms with E-state index in [2.05, 4.69) is 25.2 Å². The van der Waals surface area contributed by atoms with Crippen molar-refractivity contribution in [2.24, 2.45) is 0 Å². The van der Waals surface area contributed by atoms with Gasteiger partial charge in [0.15, 0.2) is 0 Å². The summed E-state index contributed by atoms with van der Waals surface area (Å²) in [4.78, 5) is 28.8. The van der Waals surface area contributed by atoms with E-state index in [9.17, 15) is 4.79 Å². The molecule has 7 heteroatoms. The van der Waals surface area contributed by atoms with Crippen LogP contribution >= 0.6 is 0 Å². The Balaban J connectivity index is 1.47. The first-order valence-corrected chi connectivity index (χ1v) is 7.67. The number of amides is 2. The molecule has 0 unspecified atom stereocenters. The van der Waals surface area contributed by atoms with Gasteiger partial charge in [-0.1, -0.05) is 6.07 Å². The number of aromatic nitrogens is 3. The average Bonchev–Trinajstić information content (AvgIpc) is 2.62. The van der Waals surface area contributed by atoms with Gasteiger partial charge in [-0.25, -0.2) is 9.78 Å². The number of pyridine rings is 1. The van der Waals surface area contributed by atoms with Crippen molar-refractivity contribution in [2.75, 3.05) is 31.1 Å². The SMILES string of the molecule is Cc1ccc(CNC(=O)N2CCN(c3cnccn3)CC2)cn1. The molecule has 0 bridgehead atoms. The van der Waals surface area contributed by atoms with Crippen LogP contribution in [0, 0.1) is 6.92 Å². The molecule has 3 rings (SSSR count). The maximum atomic E-state index is 12.2. The number of piperazine rings is 1. The second-order valence-electron chi connectivity index (χ2n) is 5.50. The molecule has 2 aromatic heterocycles. The molecule has 23 heavy (non-hydrogen) atoms. The van der Waals surface area contributed by atoms with Gasteiger partial charge in [-0.15, -0.1) is 0 Å². The molecule has 120 valence electrons. The summed E-state index contributed by atoms with van der Waals surface area (Å²) in [5, 5.41) is 2.94. The Hall–Kier alpha value is -2.70. The topological polar surface area (TPSA) is 74.2 Å². The van der Waals surface area contributed by atoms with Crippen molar-refractivity contribution in [2.45, 2.75) is 13.5 Å². The van der Waals surface area contributed by atoms with E-state index < -0.39 is 0 Å². The number of urea groups is 1. The number of nitrogens with zero attached hydrogens (tertiary/aromatic N) is 5. The molecular formula is C16H20N6O. The number of carbonyl (C=O) groups excluding carboxylic acids is 1. The lowest BCUT2D eigenvalue weighted by Gasteiger charge is -2.35. The summed E-state index contributed by atoms with van der Waals surface area (Å²) in [6, 6.07) is 3.89. The van der Waals surface area contributed by atoms with Crippen LogP contribution in [0.25, 0.3) is 0 Å². The van der Waals surface area contributed by atoms with Crippen LogP contribution in [0.4, 0.5) is 10.6 Å². The fourth-order valence-corrected chi connectivity index (χ4v) is 2.49. The lowest BCUT2D eigenvalue weighted by atomic mass is 10.2. The first-order chi connectivity index (χ1) is 11.2. The zero-order valence-corrected chi connectivity index (χ0v) is 13.1. The van der Waals surface area contributed by atoms with Crippen molar-refractivity contribution in [1.29, 1.82) is 0 Å². The van der Waals surface area contributed by atoms with Crippen LogP contribution in [0.1, 0.15) is 11.3 Å². The summed E-state index contributed by atoms with van der Waals surface area (Å²) in [5.41, 5.74) is 1.97. The lowest BCUT2D eigenvalue weighted by molar-refractivity contribution is 0.194. The molecule has 1 aliphatic rings. The number of aryl methyl sites for hydroxylation is 1. The third kappa shape index (κ3) is 3.94. The van der Waals surface area contributed by atoms with Crippen LogP contribution in [0.15, 0.2) is 36.9 Å². The second-order valence-corrected chi connectivity index (χ2v) is 5.50. The highest BCUT2D eigenvalue weighted by Crippen LogP contribution is 2.11. The zero-order valence-electron chi connectivity index (χ0n) is 13.1. The molecule has 0 aliphatic carbocycles. The third-order valence-corrected chi connectivity index (χ3v) is 3.86. The molecule has 3 heterocycles. The molecule has 2 amide bonds. The highest BCUT2D eigenvalue weighted by molar-refractivity contribution is 5.74. The Kier molecular flexibility index (Phi) is 4.65. The molecule has 0 spiro atoms. The van der Waals surface area contributed by atoms with Crippen molar-refractivity contribution >= 4 is 11.8 Å². The van der Waals surface area contributed by atoms with Gasteiger partial charge < -0.3 is 15.1 Å². The maximum absolute atomic E-state index is 12.2. The molecule has 1 aliphatic heterocycles. The highest BCUT2D eigenvalue weighted by atomic mass is 16.2. The van der Waals surface area contributed by atoms with Crippen molar-refractivity contribution in [1.82, 2.24) is 25.2 Å². The number of nitrogens with one attached hydrogen (secondary N) is 1. The lowest BCUT2D eigenvalue weighted by Crippen LogP contribution is -2.51. The van der Waals surface area contributed by atoms with Crippen molar-refractivity contribution in [3.05, 3.63) is 48.2 Å². The van der Waals surface area contributed by atoms with Gasteiger partial charge in [0.2, 0.25) is 0 Å². The first-order valence-electron chi connectivity index (χ1n) is 7.67. The molecule has 0 atom stereocenters. The summed E-state index contributed by atoms with van der Waals surface area (Å²) in [5.74, 6) is 0.860. The van der Waals surface area contributed by atoms with Gasteiger partial charge in [0, 0.05) is 57.0 Å². The van der Waals surface area contributed by atoms with Gasteiger partial charge in [0.25, 0.3) is 0 Å². The van der Waals surface area contributed by atoms with E-state index in [0.29, 0.717) is 19.6 Å². The molecular weight excluding hydrogens is 292 g/mol. The van der Waals surface area contributed by atoms with E-state index in [4.69, 9.17) is 0 Å². The molecule has 1 saturated heterocycles. The minimum atomic E-state index is -0.0376. The van der Waals surface area contributed by atoms with Crippen molar-refractivity contribution in [3.63, 3.8) is 0 Å². The van der Waals surface area contributed by atoms with Gasteiger partial charge in [0.05, 0.1) is 6.20 Å². The molecule has 0 radical (unpaired) electrons. The molecule has 1 fully saturated rings. The van der Waals surface area contributed by atoms with Crippen LogP contribution in [0.3, 0.4) is 0 Å². The minimum Gasteiger partial charge on any atom is -0.352 e. The van der Waals surface area contributed by atoms with Crippen LogP contribution < -0.4 is 10.2 Å². The zero-order chi connectivity index (χ0) is 16.1. The predicted molar refractivity (Wildman–Crippen MR) is 87.0 cm³/mol. The van der Waals surface area contributed by atoms with E-state index in [-0.39, 0.29) is 6.03 Å². The van der Waals surface area contributed by atoms with E-state index in [1.807, 2.05) is 24.0 Å². The van der Waals surface area contributed by atoms with Gasteiger partial charge in [-0.05, 0) is 18.6 Å². The summed E-state index contributed by atoms with van der Waals surface area (Å²) in [6.07, 6.45) is 6.89. The largest absolute Gasteiger partial charge is 0.352 e. The Morgan fingerprint density at radius 3 is 2.61 bits per heavy atom. The number of anilines is 1. The fourth-order valence-electron chi connectivity index (χ4n) is 2.49. The Labute approximate surface area is 135 Å². The van der Waals surface area contributed by atoms with Gasteiger partial charge in [-0.2, -0.15) is 0 Å². The number of hydrogen-bond donors (Lipinski definition) is 1. The van der Waals surface area contributed by atoms with Crippen LogP contribution in [0.2, 0.25) is 0 Å². The van der Waals surface area contributed by atoms with E-state index >= 15 is 0 Å². The Morgan fingerprint density at radius 1 is 1.13 bits per heavy atom. The monoisotopic (exact) mass is 312 g/mol. The fraction of sp³-hybridized carbons (Fsp3) is 0.375. The third-order valence-electron chi connectivity index (χ3n) is 3.86. The first kappa shape index (κ1) is 15.2. The van der Waals surface area contributed by atoms with E-state index in [1.165, 1.54) is 0 Å². The van der Waals surface area contributed by atoms with Crippen molar-refractivity contribution < 1.29 is 4.79 Å². The minimum absolute atomic E-state index is 0.0376. The normalized spacial score (nSPS) is 14.7. The summed E-state index contributed by atoms with van der Waals surface area (Å²) in [6.45, 7) is 5.31. The highest BCUT2D eigenvalue weighted by Gasteiger charge is 2.21. The quantitative estimate of drug-likeness (QED) is 0.922. The number of hydrogen-bond acceptors (Lipinski definition) is 5. The predicted octanol–water partition coefficient (Wildman–Crippen LogP) is 1.21. The summed E-state index contributed by atoms with van der Waals surface area (Å²) in [7, 11) is 0. The van der Waals surface area contributed by atoms with Gasteiger partial charge in [0.1, 0.15) is 5.82 Å². The molecule has 1 N–H and O–H groups in total. The van der Waals surface area contributed by atoms with Gasteiger partial charge >= 0.3 is 6.03 Å². The van der Waals surface area contributed by atoms with Crippen LogP contribution in [-0.2, 0) is 6.54 Å². The molecule has 0 saturated carbocycles. The average molecular weight is 312 g/mol. The van der Waals surface area contributed by atoms with Crippen LogP contribution in [-0.4, -0.2) is 52.1 Å². The standard InChI is InChI=1S/C16H20N6O/c1-13-2-3-14(10-19-13)11-20-16(23)22-8-6-21(7-9-22)15-12-17-4-5-18-15/h2-5,10,12H,6-9,11H2,1H3,(H,20,23). The van der Waals surface area contributed by atoms with Crippen molar-refractivity contribution in [3.8, 4) is 0 Å². The van der Waals surface area contributed by atoms with Crippen LogP contribution in [0.5, 0.6) is 0 Å². The smallest absolute Gasteiger partial charge is 0.317 e. The van der Waals surface area contributed by atoms with E-state index in [0.717, 1.165) is 30.2 Å². The molecule has 2 aromatic rings. The Bertz CT molecular complexity index is 637. The maximum Gasteiger partial charge on any atom is 0.317 e.